The number of carboxylic acids is 1. The molecule has 142 valence electrons. The number of carboxylic acid groups (broad SMARTS) is 1. The number of carbonyl (C=O) groups excluding carboxylic acids is 1. The zero-order valence-corrected chi connectivity index (χ0v) is 16.1. The van der Waals surface area contributed by atoms with Crippen molar-refractivity contribution < 1.29 is 19.4 Å². The fourth-order valence-corrected chi connectivity index (χ4v) is 3.58. The molecule has 0 aliphatic carbocycles. The van der Waals surface area contributed by atoms with Gasteiger partial charge in [-0.1, -0.05) is 29.8 Å². The lowest BCUT2D eigenvalue weighted by Crippen LogP contribution is -2.40. The predicted octanol–water partition coefficient (Wildman–Crippen LogP) is 4.48. The summed E-state index contributed by atoms with van der Waals surface area (Å²) in [6.07, 6.45) is 1.13. The number of benzene rings is 2. The summed E-state index contributed by atoms with van der Waals surface area (Å²) in [5.74, 6) is -0.623. The third-order valence-corrected chi connectivity index (χ3v) is 4.88. The van der Waals surface area contributed by atoms with Crippen LogP contribution in [-0.4, -0.2) is 40.6 Å². The molecule has 1 unspecified atom stereocenters. The van der Waals surface area contributed by atoms with Crippen molar-refractivity contribution in [2.75, 3.05) is 6.54 Å². The summed E-state index contributed by atoms with van der Waals surface area (Å²) in [6, 6.07) is 11.8. The van der Waals surface area contributed by atoms with Crippen LogP contribution in [0.15, 0.2) is 42.5 Å². The molecule has 2 aromatic rings. The SMILES string of the molecule is CC(C)Oc1ccc(C(=O)N2CCCC2C(=O)O)cc1-c1ccccc1Cl. The summed E-state index contributed by atoms with van der Waals surface area (Å²) in [7, 11) is 0. The van der Waals surface area contributed by atoms with Crippen molar-refractivity contribution in [1.29, 1.82) is 0 Å². The van der Waals surface area contributed by atoms with Crippen LogP contribution >= 0.6 is 11.6 Å². The van der Waals surface area contributed by atoms with E-state index < -0.39 is 12.0 Å². The van der Waals surface area contributed by atoms with E-state index in [2.05, 4.69) is 0 Å². The van der Waals surface area contributed by atoms with Gasteiger partial charge in [0.2, 0.25) is 0 Å². The smallest absolute Gasteiger partial charge is 0.326 e. The van der Waals surface area contributed by atoms with Gasteiger partial charge in [0.25, 0.3) is 5.91 Å². The van der Waals surface area contributed by atoms with E-state index in [-0.39, 0.29) is 12.0 Å². The highest BCUT2D eigenvalue weighted by Gasteiger charge is 2.34. The van der Waals surface area contributed by atoms with Crippen LogP contribution in [0, 0.1) is 0 Å². The average molecular weight is 388 g/mol. The Balaban J connectivity index is 2.03. The summed E-state index contributed by atoms with van der Waals surface area (Å²) in [4.78, 5) is 25.8. The molecule has 1 heterocycles. The Morgan fingerprint density at radius 1 is 1.19 bits per heavy atom. The number of carbonyl (C=O) groups is 2. The Hall–Kier alpha value is -2.53. The van der Waals surface area contributed by atoms with Crippen molar-refractivity contribution in [3.63, 3.8) is 0 Å². The monoisotopic (exact) mass is 387 g/mol. The van der Waals surface area contributed by atoms with Crippen LogP contribution < -0.4 is 4.74 Å². The first kappa shape index (κ1) is 19.2. The molecule has 3 rings (SSSR count). The van der Waals surface area contributed by atoms with E-state index >= 15 is 0 Å². The molecule has 0 aromatic heterocycles. The second-order valence-corrected chi connectivity index (χ2v) is 7.26. The van der Waals surface area contributed by atoms with Crippen LogP contribution in [0.4, 0.5) is 0 Å². The second-order valence-electron chi connectivity index (χ2n) is 6.85. The second kappa shape index (κ2) is 8.01. The van der Waals surface area contributed by atoms with Gasteiger partial charge in [0.05, 0.1) is 6.10 Å². The number of amides is 1. The molecule has 0 spiro atoms. The molecule has 27 heavy (non-hydrogen) atoms. The van der Waals surface area contributed by atoms with E-state index in [4.69, 9.17) is 16.3 Å². The number of likely N-dealkylation sites (tertiary alicyclic amines) is 1. The van der Waals surface area contributed by atoms with Crippen LogP contribution in [0.25, 0.3) is 11.1 Å². The summed E-state index contributed by atoms with van der Waals surface area (Å²) >= 11 is 6.36. The van der Waals surface area contributed by atoms with Crippen LogP contribution in [-0.2, 0) is 4.79 Å². The number of nitrogens with zero attached hydrogens (tertiary/aromatic N) is 1. The van der Waals surface area contributed by atoms with Crippen molar-refractivity contribution in [1.82, 2.24) is 4.90 Å². The minimum absolute atomic E-state index is 0.0391. The number of hydrogen-bond acceptors (Lipinski definition) is 3. The van der Waals surface area contributed by atoms with Crippen LogP contribution in [0.2, 0.25) is 5.02 Å². The maximum Gasteiger partial charge on any atom is 0.326 e. The van der Waals surface area contributed by atoms with Crippen molar-refractivity contribution in [2.24, 2.45) is 0 Å². The molecule has 1 amide bonds. The molecular weight excluding hydrogens is 366 g/mol. The largest absolute Gasteiger partial charge is 0.490 e. The quantitative estimate of drug-likeness (QED) is 0.821. The molecule has 5 nitrogen and oxygen atoms in total. The predicted molar refractivity (Wildman–Crippen MR) is 104 cm³/mol. The first-order valence-corrected chi connectivity index (χ1v) is 9.35. The average Bonchev–Trinajstić information content (AvgIpc) is 3.12. The van der Waals surface area contributed by atoms with Gasteiger partial charge < -0.3 is 14.7 Å². The number of rotatable bonds is 5. The zero-order chi connectivity index (χ0) is 19.6. The van der Waals surface area contributed by atoms with Gasteiger partial charge in [0, 0.05) is 28.3 Å². The van der Waals surface area contributed by atoms with Crippen LogP contribution in [0.3, 0.4) is 0 Å². The van der Waals surface area contributed by atoms with E-state index in [0.717, 1.165) is 5.56 Å². The Morgan fingerprint density at radius 2 is 1.93 bits per heavy atom. The lowest BCUT2D eigenvalue weighted by molar-refractivity contribution is -0.141. The molecule has 1 aliphatic rings. The van der Waals surface area contributed by atoms with Crippen molar-refractivity contribution in [3.8, 4) is 16.9 Å². The molecule has 6 heteroatoms. The van der Waals surface area contributed by atoms with Crippen molar-refractivity contribution in [2.45, 2.75) is 38.8 Å². The Labute approximate surface area is 163 Å². The van der Waals surface area contributed by atoms with E-state index in [1.54, 1.807) is 24.3 Å². The third kappa shape index (κ3) is 4.08. The molecule has 1 fully saturated rings. The molecule has 1 aliphatic heterocycles. The van der Waals surface area contributed by atoms with Crippen LogP contribution in [0.5, 0.6) is 5.75 Å². The minimum atomic E-state index is -0.966. The van der Waals surface area contributed by atoms with Gasteiger partial charge in [-0.15, -0.1) is 0 Å². The Kier molecular flexibility index (Phi) is 5.71. The summed E-state index contributed by atoms with van der Waals surface area (Å²) in [6.45, 7) is 4.30. The van der Waals surface area contributed by atoms with E-state index in [9.17, 15) is 14.7 Å². The fraction of sp³-hybridized carbons (Fsp3) is 0.333. The normalized spacial score (nSPS) is 16.6. The molecule has 0 radical (unpaired) electrons. The van der Waals surface area contributed by atoms with Crippen LogP contribution in [0.1, 0.15) is 37.0 Å². The lowest BCUT2D eigenvalue weighted by Gasteiger charge is -2.22. The first-order valence-electron chi connectivity index (χ1n) is 8.98. The van der Waals surface area contributed by atoms with Gasteiger partial charge in [-0.2, -0.15) is 0 Å². The van der Waals surface area contributed by atoms with E-state index in [0.29, 0.717) is 41.3 Å². The fourth-order valence-electron chi connectivity index (χ4n) is 3.34. The first-order chi connectivity index (χ1) is 12.9. The number of aliphatic carboxylic acids is 1. The van der Waals surface area contributed by atoms with E-state index in [1.807, 2.05) is 32.0 Å². The molecule has 0 saturated carbocycles. The molecule has 1 N–H and O–H groups in total. The molecule has 1 atom stereocenters. The molecule has 2 aromatic carbocycles. The minimum Gasteiger partial charge on any atom is -0.490 e. The Bertz CT molecular complexity index is 865. The number of hydrogen-bond donors (Lipinski definition) is 1. The van der Waals surface area contributed by atoms with Crippen molar-refractivity contribution >= 4 is 23.5 Å². The maximum absolute atomic E-state index is 13.0. The van der Waals surface area contributed by atoms with Crippen molar-refractivity contribution in [3.05, 3.63) is 53.1 Å². The van der Waals surface area contributed by atoms with Gasteiger partial charge in [-0.3, -0.25) is 4.79 Å². The maximum atomic E-state index is 13.0. The van der Waals surface area contributed by atoms with Gasteiger partial charge >= 0.3 is 5.97 Å². The number of ether oxygens (including phenoxy) is 1. The molecule has 1 saturated heterocycles. The highest BCUT2D eigenvalue weighted by Crippen LogP contribution is 2.36. The molecule has 0 bridgehead atoms. The third-order valence-electron chi connectivity index (χ3n) is 4.55. The van der Waals surface area contributed by atoms with E-state index in [1.165, 1.54) is 4.90 Å². The summed E-state index contributed by atoms with van der Waals surface area (Å²) in [5.41, 5.74) is 1.90. The highest BCUT2D eigenvalue weighted by atomic mass is 35.5. The van der Waals surface area contributed by atoms with Gasteiger partial charge in [0.15, 0.2) is 0 Å². The standard InChI is InChI=1S/C21H22ClNO4/c1-13(2)27-19-10-9-14(12-16(19)15-6-3-4-7-17(15)22)20(24)23-11-5-8-18(23)21(25)26/h3-4,6-7,9-10,12-13,18H,5,8,11H2,1-2H3,(H,25,26). The topological polar surface area (TPSA) is 66.8 Å². The summed E-state index contributed by atoms with van der Waals surface area (Å²) < 4.78 is 5.90. The zero-order valence-electron chi connectivity index (χ0n) is 15.3. The van der Waals surface area contributed by atoms with Gasteiger partial charge in [-0.05, 0) is 51.0 Å². The Morgan fingerprint density at radius 3 is 2.59 bits per heavy atom. The number of halogens is 1. The lowest BCUT2D eigenvalue weighted by atomic mass is 10.0. The van der Waals surface area contributed by atoms with Gasteiger partial charge in [0.1, 0.15) is 11.8 Å². The summed E-state index contributed by atoms with van der Waals surface area (Å²) in [5, 5.41) is 9.92. The highest BCUT2D eigenvalue weighted by molar-refractivity contribution is 6.33. The molecular formula is C21H22ClNO4. The van der Waals surface area contributed by atoms with Gasteiger partial charge in [-0.25, -0.2) is 4.79 Å².